The highest BCUT2D eigenvalue weighted by molar-refractivity contribution is 7.80. The van der Waals surface area contributed by atoms with Crippen molar-refractivity contribution >= 4 is 40.4 Å². The van der Waals surface area contributed by atoms with Crippen LogP contribution in [-0.4, -0.2) is 15.0 Å². The zero-order chi connectivity index (χ0) is 15.6. The molecule has 4 nitrogen and oxygen atoms in total. The second-order valence-electron chi connectivity index (χ2n) is 3.95. The van der Waals surface area contributed by atoms with Crippen LogP contribution in [0.4, 0.5) is 24.8 Å². The van der Waals surface area contributed by atoms with Crippen LogP contribution < -0.4 is 11.1 Å². The van der Waals surface area contributed by atoms with Crippen molar-refractivity contribution in [3.63, 3.8) is 0 Å². The van der Waals surface area contributed by atoms with Gasteiger partial charge in [-0.05, 0) is 24.3 Å². The van der Waals surface area contributed by atoms with E-state index in [1.807, 2.05) is 0 Å². The third-order valence-electron chi connectivity index (χ3n) is 2.45. The van der Waals surface area contributed by atoms with Crippen LogP contribution in [0.15, 0.2) is 30.5 Å². The number of nitrogens with one attached hydrogen (secondary N) is 1. The molecule has 0 aliphatic heterocycles. The van der Waals surface area contributed by atoms with Gasteiger partial charge in [-0.25, -0.2) is 9.97 Å². The van der Waals surface area contributed by atoms with Crippen molar-refractivity contribution in [1.29, 1.82) is 0 Å². The van der Waals surface area contributed by atoms with Crippen molar-refractivity contribution in [1.82, 2.24) is 9.97 Å². The Morgan fingerprint density at radius 2 is 2.00 bits per heavy atom. The van der Waals surface area contributed by atoms with Gasteiger partial charge in [-0.1, -0.05) is 23.8 Å². The lowest BCUT2D eigenvalue weighted by Crippen LogP contribution is -2.13. The van der Waals surface area contributed by atoms with Crippen LogP contribution in [0, 0.1) is 0 Å². The number of alkyl halides is 3. The average Bonchev–Trinajstić information content (AvgIpc) is 2.40. The zero-order valence-electron chi connectivity index (χ0n) is 10.3. The van der Waals surface area contributed by atoms with Crippen molar-refractivity contribution in [3.05, 3.63) is 46.7 Å². The van der Waals surface area contributed by atoms with Crippen molar-refractivity contribution in [2.24, 2.45) is 5.73 Å². The van der Waals surface area contributed by atoms with Gasteiger partial charge >= 0.3 is 6.18 Å². The Hall–Kier alpha value is -1.93. The first-order valence-electron chi connectivity index (χ1n) is 5.54. The molecule has 0 bridgehead atoms. The summed E-state index contributed by atoms with van der Waals surface area (Å²) in [7, 11) is 0. The van der Waals surface area contributed by atoms with Crippen LogP contribution in [0.3, 0.4) is 0 Å². The van der Waals surface area contributed by atoms with Gasteiger partial charge in [0, 0.05) is 6.20 Å². The Labute approximate surface area is 128 Å². The molecule has 2 rings (SSSR count). The molecule has 9 heteroatoms. The number of nitrogens with two attached hydrogens (primary N) is 1. The van der Waals surface area contributed by atoms with E-state index in [-0.39, 0.29) is 21.6 Å². The van der Waals surface area contributed by atoms with Crippen LogP contribution >= 0.6 is 23.8 Å². The van der Waals surface area contributed by atoms with Gasteiger partial charge in [0.05, 0.1) is 16.3 Å². The standard InChI is InChI=1S/C12H8ClF3N4S/c13-7-2-1-6(12(14,15)16)5-9(7)20-11-18-4-3-8(19-11)10(17)21/h1-5H,(H2,17,21)(H,18,19,20). The van der Waals surface area contributed by atoms with E-state index in [9.17, 15) is 13.2 Å². The predicted molar refractivity (Wildman–Crippen MR) is 77.7 cm³/mol. The quantitative estimate of drug-likeness (QED) is 0.842. The smallest absolute Gasteiger partial charge is 0.388 e. The lowest BCUT2D eigenvalue weighted by atomic mass is 10.2. The highest BCUT2D eigenvalue weighted by Gasteiger charge is 2.31. The Kier molecular flexibility index (Phi) is 4.29. The number of benzene rings is 1. The van der Waals surface area contributed by atoms with Gasteiger partial charge in [0.25, 0.3) is 0 Å². The van der Waals surface area contributed by atoms with Gasteiger partial charge in [0.1, 0.15) is 10.7 Å². The second-order valence-corrected chi connectivity index (χ2v) is 4.79. The lowest BCUT2D eigenvalue weighted by molar-refractivity contribution is -0.137. The number of thiocarbonyl (C=S) groups is 1. The Balaban J connectivity index is 2.35. The third kappa shape index (κ3) is 3.79. The fourth-order valence-electron chi connectivity index (χ4n) is 1.47. The highest BCUT2D eigenvalue weighted by Crippen LogP contribution is 2.34. The number of nitrogens with zero attached hydrogens (tertiary/aromatic N) is 2. The molecule has 0 aliphatic rings. The van der Waals surface area contributed by atoms with E-state index >= 15 is 0 Å². The summed E-state index contributed by atoms with van der Waals surface area (Å²) in [5, 5.41) is 2.71. The molecule has 0 saturated heterocycles. The number of aromatic nitrogens is 2. The summed E-state index contributed by atoms with van der Waals surface area (Å²) in [5.74, 6) is 0.0431. The molecule has 0 fully saturated rings. The molecule has 110 valence electrons. The SMILES string of the molecule is NC(=S)c1ccnc(Nc2cc(C(F)(F)F)ccc2Cl)n1. The molecule has 0 radical (unpaired) electrons. The molecule has 0 aliphatic carbocycles. The van der Waals surface area contributed by atoms with Gasteiger partial charge < -0.3 is 11.1 Å². The minimum absolute atomic E-state index is 0.0339. The van der Waals surface area contributed by atoms with Gasteiger partial charge in [0.2, 0.25) is 5.95 Å². The first kappa shape index (κ1) is 15.5. The maximum atomic E-state index is 12.7. The summed E-state index contributed by atoms with van der Waals surface area (Å²) < 4.78 is 38.0. The summed E-state index contributed by atoms with van der Waals surface area (Å²) >= 11 is 10.6. The summed E-state index contributed by atoms with van der Waals surface area (Å²) in [5.41, 5.74) is 4.92. The van der Waals surface area contributed by atoms with Crippen molar-refractivity contribution in [2.45, 2.75) is 6.18 Å². The average molecular weight is 333 g/mol. The summed E-state index contributed by atoms with van der Waals surface area (Å²) in [6, 6.07) is 4.39. The highest BCUT2D eigenvalue weighted by atomic mass is 35.5. The van der Waals surface area contributed by atoms with E-state index in [1.54, 1.807) is 0 Å². The maximum Gasteiger partial charge on any atom is 0.416 e. The molecule has 1 aromatic carbocycles. The van der Waals surface area contributed by atoms with E-state index < -0.39 is 11.7 Å². The predicted octanol–water partition coefficient (Wildman–Crippen LogP) is 3.53. The van der Waals surface area contributed by atoms with Crippen molar-refractivity contribution < 1.29 is 13.2 Å². The molecule has 3 N–H and O–H groups in total. The van der Waals surface area contributed by atoms with E-state index in [0.29, 0.717) is 5.69 Å². The van der Waals surface area contributed by atoms with Gasteiger partial charge in [0.15, 0.2) is 0 Å². The van der Waals surface area contributed by atoms with Crippen LogP contribution in [-0.2, 0) is 6.18 Å². The van der Waals surface area contributed by atoms with E-state index in [2.05, 4.69) is 15.3 Å². The maximum absolute atomic E-state index is 12.7. The second kappa shape index (κ2) is 5.82. The minimum atomic E-state index is -4.47. The normalized spacial score (nSPS) is 11.2. The van der Waals surface area contributed by atoms with Crippen molar-refractivity contribution in [3.8, 4) is 0 Å². The number of hydrogen-bond acceptors (Lipinski definition) is 4. The fourth-order valence-corrected chi connectivity index (χ4v) is 1.75. The molecule has 1 aromatic heterocycles. The third-order valence-corrected chi connectivity index (χ3v) is 2.99. The minimum Gasteiger partial charge on any atom is -0.388 e. The lowest BCUT2D eigenvalue weighted by Gasteiger charge is -2.11. The molecular weight excluding hydrogens is 325 g/mol. The number of rotatable bonds is 3. The summed E-state index contributed by atoms with van der Waals surface area (Å²) in [4.78, 5) is 7.90. The molecule has 21 heavy (non-hydrogen) atoms. The topological polar surface area (TPSA) is 63.8 Å². The molecule has 0 unspecified atom stereocenters. The number of hydrogen-bond donors (Lipinski definition) is 2. The van der Waals surface area contributed by atoms with Gasteiger partial charge in [-0.15, -0.1) is 0 Å². The van der Waals surface area contributed by atoms with Crippen molar-refractivity contribution in [2.75, 3.05) is 5.32 Å². The van der Waals surface area contributed by atoms with E-state index in [4.69, 9.17) is 29.6 Å². The molecule has 0 atom stereocenters. The van der Waals surface area contributed by atoms with Crippen LogP contribution in [0.2, 0.25) is 5.02 Å². The monoisotopic (exact) mass is 332 g/mol. The molecule has 2 aromatic rings. The van der Waals surface area contributed by atoms with E-state index in [1.165, 1.54) is 12.3 Å². The number of halogens is 4. The molecule has 0 spiro atoms. The molecule has 1 heterocycles. The Morgan fingerprint density at radius 1 is 1.29 bits per heavy atom. The largest absolute Gasteiger partial charge is 0.416 e. The molecule has 0 amide bonds. The van der Waals surface area contributed by atoms with Crippen LogP contribution in [0.1, 0.15) is 11.3 Å². The Morgan fingerprint density at radius 3 is 2.62 bits per heavy atom. The molecular formula is C12H8ClF3N4S. The molecule has 0 saturated carbocycles. The summed E-state index contributed by atoms with van der Waals surface area (Å²) in [6.45, 7) is 0. The van der Waals surface area contributed by atoms with Crippen LogP contribution in [0.5, 0.6) is 0 Å². The van der Waals surface area contributed by atoms with E-state index in [0.717, 1.165) is 18.2 Å². The first-order chi connectivity index (χ1) is 9.77. The summed E-state index contributed by atoms with van der Waals surface area (Å²) in [6.07, 6.45) is -3.09. The van der Waals surface area contributed by atoms with Crippen LogP contribution in [0.25, 0.3) is 0 Å². The fraction of sp³-hybridized carbons (Fsp3) is 0.0833. The Bertz CT molecular complexity index is 690. The van der Waals surface area contributed by atoms with Gasteiger partial charge in [-0.3, -0.25) is 0 Å². The number of anilines is 2. The zero-order valence-corrected chi connectivity index (χ0v) is 11.9. The van der Waals surface area contributed by atoms with Gasteiger partial charge in [-0.2, -0.15) is 13.2 Å². The first-order valence-corrected chi connectivity index (χ1v) is 6.32.